The Kier molecular flexibility index (Phi) is 5.46. The van der Waals surface area contributed by atoms with Gasteiger partial charge < -0.3 is 0 Å². The molecule has 41 valence electrons. The Morgan fingerprint density at radius 1 is 1.50 bits per heavy atom. The van der Waals surface area contributed by atoms with Gasteiger partial charge in [-0.15, -0.1) is 0 Å². The van der Waals surface area contributed by atoms with Crippen LogP contribution in [0.3, 0.4) is 0 Å². The van der Waals surface area contributed by atoms with Crippen molar-refractivity contribution in [3.63, 3.8) is 0 Å². The largest absolute Gasteiger partial charge is 0.0901 e. The Hall–Kier alpha value is 0.195. The molecule has 0 nitrogen and oxygen atoms in total. The first-order valence-corrected chi connectivity index (χ1v) is 3.40. The van der Waals surface area contributed by atoms with E-state index in [0.29, 0.717) is 6.60 Å². The van der Waals surface area contributed by atoms with Crippen LogP contribution in [0.15, 0.2) is 0 Å². The van der Waals surface area contributed by atoms with Crippen LogP contribution in [0.1, 0.15) is 20.3 Å². The summed E-state index contributed by atoms with van der Waals surface area (Å²) in [6, 6.07) is 0. The second-order valence-corrected chi connectivity index (χ2v) is 2.15. The van der Waals surface area contributed by atoms with Crippen LogP contribution in [0.4, 0.5) is 0 Å². The summed E-state index contributed by atoms with van der Waals surface area (Å²) in [7, 11) is 7.15. The van der Waals surface area contributed by atoms with Gasteiger partial charge >= 0.3 is 0 Å². The molecule has 0 saturated heterocycles. The Bertz CT molecular complexity index is 42.9. The summed E-state index contributed by atoms with van der Waals surface area (Å²) in [5.41, 5.74) is 0. The molecule has 0 aromatic heterocycles. The predicted octanol–water partition coefficient (Wildman–Crippen LogP) is 1.20. The summed E-state index contributed by atoms with van der Waals surface area (Å²) >= 11 is 0. The molecule has 0 bridgehead atoms. The van der Waals surface area contributed by atoms with Crippen LogP contribution in [-0.2, 0) is 0 Å². The lowest BCUT2D eigenvalue weighted by atomic mass is 9.12. The van der Waals surface area contributed by atoms with Crippen molar-refractivity contribution < 1.29 is 0 Å². The van der Waals surface area contributed by atoms with Crippen molar-refractivity contribution in [2.75, 3.05) is 0 Å². The SMILES string of the molecule is [B][B]B(CC)CCC. The molecule has 0 spiro atoms. The van der Waals surface area contributed by atoms with Crippen molar-refractivity contribution in [1.82, 2.24) is 0 Å². The lowest BCUT2D eigenvalue weighted by Crippen LogP contribution is -2.20. The highest BCUT2D eigenvalue weighted by Gasteiger charge is 2.03. The van der Waals surface area contributed by atoms with Gasteiger partial charge in [-0.05, 0) is 0 Å². The Balaban J connectivity index is 3.07. The molecule has 0 aliphatic carbocycles. The van der Waals surface area contributed by atoms with Crippen molar-refractivity contribution in [2.24, 2.45) is 0 Å². The molecule has 8 heavy (non-hydrogen) atoms. The van der Waals surface area contributed by atoms with Crippen LogP contribution in [0.2, 0.25) is 12.6 Å². The molecule has 0 rings (SSSR count). The van der Waals surface area contributed by atoms with E-state index in [1.54, 1.807) is 0 Å². The third-order valence-electron chi connectivity index (χ3n) is 1.46. The molecule has 0 aliphatic rings. The van der Waals surface area contributed by atoms with E-state index in [2.05, 4.69) is 13.8 Å². The fraction of sp³-hybridized carbons (Fsp3) is 1.00. The Labute approximate surface area is 55.1 Å². The van der Waals surface area contributed by atoms with E-state index < -0.39 is 0 Å². The third kappa shape index (κ3) is 3.23. The summed E-state index contributed by atoms with van der Waals surface area (Å²) in [6.45, 7) is 5.01. The minimum Gasteiger partial charge on any atom is -0.0846 e. The third-order valence-corrected chi connectivity index (χ3v) is 1.46. The summed E-state index contributed by atoms with van der Waals surface area (Å²) in [6.07, 6.45) is 3.67. The van der Waals surface area contributed by atoms with E-state index in [4.69, 9.17) is 7.74 Å². The molecule has 3 heteroatoms. The van der Waals surface area contributed by atoms with Gasteiger partial charge in [0.05, 0.1) is 6.60 Å². The highest BCUT2D eigenvalue weighted by molar-refractivity contribution is 7.31. The highest BCUT2D eigenvalue weighted by Crippen LogP contribution is 1.98. The summed E-state index contributed by atoms with van der Waals surface area (Å²) in [5.74, 6) is 0. The average molecular weight is 105 g/mol. The van der Waals surface area contributed by atoms with Gasteiger partial charge in [-0.1, -0.05) is 32.9 Å². The number of hydrogen-bond donors (Lipinski definition) is 0. The topological polar surface area (TPSA) is 0 Å². The zero-order chi connectivity index (χ0) is 6.41. The maximum absolute atomic E-state index is 5.34. The lowest BCUT2D eigenvalue weighted by molar-refractivity contribution is 1.06. The second kappa shape index (κ2) is 5.33. The predicted molar refractivity (Wildman–Crippen MR) is 42.8 cm³/mol. The summed E-state index contributed by atoms with van der Waals surface area (Å²) in [4.78, 5) is 0. The van der Waals surface area contributed by atoms with E-state index in [1.807, 2.05) is 7.06 Å². The Morgan fingerprint density at radius 2 is 2.12 bits per heavy atom. The fourth-order valence-electron chi connectivity index (χ4n) is 0.807. The molecule has 0 fully saturated rings. The standard InChI is InChI=1S/C5H12B3/c1-3-5-8(4-2)7-6/h3-5H2,1-2H3. The molecule has 0 saturated carbocycles. The first-order chi connectivity index (χ1) is 3.85. The van der Waals surface area contributed by atoms with Crippen molar-refractivity contribution in [3.05, 3.63) is 0 Å². The van der Waals surface area contributed by atoms with Gasteiger partial charge in [0.1, 0.15) is 0 Å². The molecular formula is C5H12B3. The van der Waals surface area contributed by atoms with Gasteiger partial charge in [-0.2, -0.15) is 0 Å². The quantitative estimate of drug-likeness (QED) is 0.470. The minimum absolute atomic E-state index is 0.653. The molecule has 0 heterocycles. The van der Waals surface area contributed by atoms with E-state index in [-0.39, 0.29) is 0 Å². The minimum atomic E-state index is 0.653. The Morgan fingerprint density at radius 3 is 2.25 bits per heavy atom. The van der Waals surface area contributed by atoms with Gasteiger partial charge in [0.25, 0.3) is 0 Å². The monoisotopic (exact) mass is 105 g/mol. The number of rotatable bonds is 4. The van der Waals surface area contributed by atoms with Gasteiger partial charge in [0.2, 0.25) is 0 Å². The van der Waals surface area contributed by atoms with Crippen molar-refractivity contribution >= 4 is 21.4 Å². The molecule has 0 N–H and O–H groups in total. The zero-order valence-electron chi connectivity index (χ0n) is 5.85. The maximum Gasteiger partial charge on any atom is 0.0901 e. The van der Waals surface area contributed by atoms with Gasteiger partial charge in [0.15, 0.2) is 0 Å². The molecule has 0 atom stereocenters. The molecule has 0 aliphatic heterocycles. The van der Waals surface area contributed by atoms with Crippen LogP contribution in [-0.4, -0.2) is 21.4 Å². The average Bonchev–Trinajstić information content (AvgIpc) is 1.83. The van der Waals surface area contributed by atoms with Crippen molar-refractivity contribution in [1.29, 1.82) is 0 Å². The normalized spacial score (nSPS) is 8.75. The van der Waals surface area contributed by atoms with Crippen LogP contribution in [0.25, 0.3) is 0 Å². The van der Waals surface area contributed by atoms with Crippen LogP contribution in [0.5, 0.6) is 0 Å². The highest BCUT2D eigenvalue weighted by atomic mass is 13.7. The first-order valence-electron chi connectivity index (χ1n) is 3.40. The van der Waals surface area contributed by atoms with E-state index in [1.165, 1.54) is 19.1 Å². The maximum atomic E-state index is 5.34. The molecule has 0 unspecified atom stereocenters. The fourth-order valence-corrected chi connectivity index (χ4v) is 0.807. The van der Waals surface area contributed by atoms with Crippen LogP contribution in [0, 0.1) is 0 Å². The summed E-state index contributed by atoms with van der Waals surface area (Å²) < 4.78 is 0. The molecule has 0 aromatic rings. The molecule has 3 radical (unpaired) electrons. The lowest BCUT2D eigenvalue weighted by Gasteiger charge is -2.03. The van der Waals surface area contributed by atoms with Crippen molar-refractivity contribution in [3.8, 4) is 0 Å². The molecule has 0 amide bonds. The number of hydrogen-bond acceptors (Lipinski definition) is 0. The van der Waals surface area contributed by atoms with E-state index >= 15 is 0 Å². The van der Waals surface area contributed by atoms with Crippen molar-refractivity contribution in [2.45, 2.75) is 32.9 Å². The smallest absolute Gasteiger partial charge is 0.0846 e. The van der Waals surface area contributed by atoms with Gasteiger partial charge in [-0.3, -0.25) is 0 Å². The zero-order valence-corrected chi connectivity index (χ0v) is 5.85. The van der Waals surface area contributed by atoms with E-state index in [9.17, 15) is 0 Å². The van der Waals surface area contributed by atoms with Crippen LogP contribution >= 0.6 is 0 Å². The van der Waals surface area contributed by atoms with Gasteiger partial charge in [-0.25, -0.2) is 0 Å². The second-order valence-electron chi connectivity index (χ2n) is 2.15. The molecule has 0 aromatic carbocycles. The summed E-state index contributed by atoms with van der Waals surface area (Å²) in [5, 5.41) is 0. The van der Waals surface area contributed by atoms with Gasteiger partial charge in [0, 0.05) is 14.8 Å². The van der Waals surface area contributed by atoms with Crippen LogP contribution < -0.4 is 0 Å². The first kappa shape index (κ1) is 8.19. The molecular weight excluding hydrogens is 92.5 g/mol. The van der Waals surface area contributed by atoms with E-state index in [0.717, 1.165) is 0 Å².